The largest absolute Gasteiger partial charge is 0.491 e. The summed E-state index contributed by atoms with van der Waals surface area (Å²) in [6.07, 6.45) is 3.40. The number of benzene rings is 1. The van der Waals surface area contributed by atoms with Crippen molar-refractivity contribution in [2.24, 2.45) is 0 Å². The predicted molar refractivity (Wildman–Crippen MR) is 111 cm³/mol. The van der Waals surface area contributed by atoms with Gasteiger partial charge in [0, 0.05) is 38.8 Å². The first-order valence-electron chi connectivity index (χ1n) is 11.1. The summed E-state index contributed by atoms with van der Waals surface area (Å²) in [5, 5.41) is 12.4. The van der Waals surface area contributed by atoms with Crippen molar-refractivity contribution in [1.29, 1.82) is 0 Å². The molecule has 3 fully saturated rings. The maximum absolute atomic E-state index is 11.7. The molecule has 0 saturated carbocycles. The second kappa shape index (κ2) is 10.4. The number of rotatable bonds is 8. The van der Waals surface area contributed by atoms with Crippen LogP contribution >= 0.6 is 0 Å². The summed E-state index contributed by atoms with van der Waals surface area (Å²) in [5.41, 5.74) is 1.14. The van der Waals surface area contributed by atoms with Crippen molar-refractivity contribution in [3.63, 3.8) is 0 Å². The minimum absolute atomic E-state index is 0.184. The highest BCUT2D eigenvalue weighted by molar-refractivity contribution is 5.69. The van der Waals surface area contributed by atoms with Gasteiger partial charge in [-0.25, -0.2) is 4.79 Å². The third kappa shape index (κ3) is 5.85. The van der Waals surface area contributed by atoms with E-state index in [1.54, 1.807) is 0 Å². The number of amides is 1. The monoisotopic (exact) mass is 419 g/mol. The lowest BCUT2D eigenvalue weighted by Crippen LogP contribution is -2.47. The fourth-order valence-corrected chi connectivity index (χ4v) is 4.40. The summed E-state index contributed by atoms with van der Waals surface area (Å²) < 4.78 is 10.9. The Morgan fingerprint density at radius 2 is 2.00 bits per heavy atom. The van der Waals surface area contributed by atoms with E-state index in [2.05, 4.69) is 11.0 Å². The first-order chi connectivity index (χ1) is 14.7. The predicted octanol–water partition coefficient (Wildman–Crippen LogP) is 1.87. The maximum atomic E-state index is 11.7. The zero-order chi connectivity index (χ0) is 20.8. The minimum Gasteiger partial charge on any atom is -0.491 e. The quantitative estimate of drug-likeness (QED) is 0.689. The van der Waals surface area contributed by atoms with Crippen LogP contribution in [0, 0.1) is 0 Å². The number of ether oxygens (including phenoxy) is 2. The Morgan fingerprint density at radius 3 is 2.73 bits per heavy atom. The average molecular weight is 420 g/mol. The van der Waals surface area contributed by atoms with Crippen LogP contribution in [0.5, 0.6) is 5.75 Å². The Balaban J connectivity index is 1.17. The van der Waals surface area contributed by atoms with E-state index >= 15 is 0 Å². The van der Waals surface area contributed by atoms with Gasteiger partial charge in [0.25, 0.3) is 0 Å². The number of hydrogen-bond donors (Lipinski definition) is 1. The highest BCUT2D eigenvalue weighted by Gasteiger charge is 2.32. The highest BCUT2D eigenvalue weighted by Crippen LogP contribution is 2.21. The van der Waals surface area contributed by atoms with Crippen molar-refractivity contribution in [3.8, 4) is 5.75 Å². The lowest BCUT2D eigenvalue weighted by molar-refractivity contribution is -0.187. The number of aliphatic hydroxyl groups excluding tert-OH is 1. The van der Waals surface area contributed by atoms with Crippen LogP contribution in [-0.2, 0) is 16.1 Å². The van der Waals surface area contributed by atoms with Crippen LogP contribution in [0.25, 0.3) is 0 Å². The molecule has 0 radical (unpaired) electrons. The van der Waals surface area contributed by atoms with Gasteiger partial charge in [0.2, 0.25) is 0 Å². The molecule has 0 aromatic heterocycles. The molecule has 1 unspecified atom stereocenters. The molecule has 3 aliphatic rings. The molecule has 1 N–H and O–H groups in total. The summed E-state index contributed by atoms with van der Waals surface area (Å²) in [7, 11) is 0. The van der Waals surface area contributed by atoms with Gasteiger partial charge in [0.15, 0.2) is 0 Å². The maximum Gasteiger partial charge on any atom is 0.410 e. The van der Waals surface area contributed by atoms with E-state index in [4.69, 9.17) is 14.3 Å². The average Bonchev–Trinajstić information content (AvgIpc) is 3.20. The number of carbonyl (C=O) groups is 1. The zero-order valence-corrected chi connectivity index (χ0v) is 17.6. The van der Waals surface area contributed by atoms with E-state index in [9.17, 15) is 9.90 Å². The molecule has 1 aromatic carbocycles. The first-order valence-corrected chi connectivity index (χ1v) is 11.1. The smallest absolute Gasteiger partial charge is 0.410 e. The molecule has 1 atom stereocenters. The summed E-state index contributed by atoms with van der Waals surface area (Å²) >= 11 is 0. The van der Waals surface area contributed by atoms with Crippen LogP contribution in [0.3, 0.4) is 0 Å². The molecule has 166 valence electrons. The topological polar surface area (TPSA) is 74.7 Å². The van der Waals surface area contributed by atoms with Gasteiger partial charge in [-0.3, -0.25) is 4.84 Å². The lowest BCUT2D eigenvalue weighted by Gasteiger charge is -2.36. The Morgan fingerprint density at radius 1 is 1.13 bits per heavy atom. The van der Waals surface area contributed by atoms with E-state index in [1.165, 1.54) is 6.42 Å². The minimum atomic E-state index is -0.549. The Hall–Kier alpha value is -1.87. The molecular weight excluding hydrogens is 386 g/mol. The molecule has 8 heteroatoms. The van der Waals surface area contributed by atoms with Crippen LogP contribution in [-0.4, -0.2) is 90.8 Å². The second-order valence-electron chi connectivity index (χ2n) is 8.36. The van der Waals surface area contributed by atoms with Crippen molar-refractivity contribution in [1.82, 2.24) is 14.9 Å². The molecule has 4 rings (SSSR count). The van der Waals surface area contributed by atoms with Gasteiger partial charge in [0.1, 0.15) is 25.1 Å². The van der Waals surface area contributed by atoms with Gasteiger partial charge in [-0.05, 0) is 43.4 Å². The van der Waals surface area contributed by atoms with Gasteiger partial charge >= 0.3 is 6.09 Å². The number of nitrogens with zero attached hydrogens (tertiary/aromatic N) is 3. The molecule has 0 bridgehead atoms. The molecule has 1 amide bonds. The third-order valence-corrected chi connectivity index (χ3v) is 6.03. The molecule has 3 heterocycles. The van der Waals surface area contributed by atoms with Gasteiger partial charge in [-0.15, -0.1) is 0 Å². The van der Waals surface area contributed by atoms with E-state index < -0.39 is 6.10 Å². The Kier molecular flexibility index (Phi) is 7.43. The molecule has 0 spiro atoms. The summed E-state index contributed by atoms with van der Waals surface area (Å²) in [6.45, 7) is 6.29. The molecule has 8 nitrogen and oxygen atoms in total. The Bertz CT molecular complexity index is 689. The number of hydroxylamine groups is 2. The van der Waals surface area contributed by atoms with Crippen LogP contribution in [0.4, 0.5) is 4.79 Å². The molecule has 30 heavy (non-hydrogen) atoms. The number of cyclic esters (lactones) is 1. The standard InChI is InChI=1S/C22H33N3O5/c26-20(16-23-9-6-19(7-10-23)25-11-13-28-22(25)27)17-29-21-5-3-4-18(14-21)15-24-8-1-2-12-30-24/h3-5,14,19-20,26H,1-2,6-13,15-17H2. The van der Waals surface area contributed by atoms with Crippen LogP contribution in [0.15, 0.2) is 24.3 Å². The third-order valence-electron chi connectivity index (χ3n) is 6.03. The highest BCUT2D eigenvalue weighted by atomic mass is 16.7. The van der Waals surface area contributed by atoms with Gasteiger partial charge < -0.3 is 24.4 Å². The fraction of sp³-hybridized carbons (Fsp3) is 0.682. The van der Waals surface area contributed by atoms with E-state index in [0.717, 1.165) is 63.4 Å². The number of aliphatic hydroxyl groups is 1. The Labute approximate surface area is 178 Å². The van der Waals surface area contributed by atoms with E-state index in [0.29, 0.717) is 19.7 Å². The summed E-state index contributed by atoms with van der Waals surface area (Å²) in [6, 6.07) is 8.26. The molecular formula is C22H33N3O5. The van der Waals surface area contributed by atoms with Gasteiger partial charge in [-0.2, -0.15) is 5.06 Å². The SMILES string of the molecule is O=C1OCCN1C1CCN(CC(O)COc2cccc(CN3CCCCO3)c2)CC1. The summed E-state index contributed by atoms with van der Waals surface area (Å²) in [4.78, 5) is 21.5. The first kappa shape index (κ1) is 21.4. The number of hydrogen-bond acceptors (Lipinski definition) is 7. The van der Waals surface area contributed by atoms with Gasteiger partial charge in [0.05, 0.1) is 13.2 Å². The molecule has 1 aromatic rings. The summed E-state index contributed by atoms with van der Waals surface area (Å²) in [5.74, 6) is 0.773. The van der Waals surface area contributed by atoms with Crippen molar-refractivity contribution >= 4 is 6.09 Å². The van der Waals surface area contributed by atoms with E-state index in [-0.39, 0.29) is 18.7 Å². The number of carbonyl (C=O) groups excluding carboxylic acids is 1. The fourth-order valence-electron chi connectivity index (χ4n) is 4.40. The van der Waals surface area contributed by atoms with Crippen molar-refractivity contribution < 1.29 is 24.2 Å². The lowest BCUT2D eigenvalue weighted by atomic mass is 10.0. The molecule has 3 saturated heterocycles. The van der Waals surface area contributed by atoms with Gasteiger partial charge in [-0.1, -0.05) is 12.1 Å². The normalized spacial score (nSPS) is 22.8. The van der Waals surface area contributed by atoms with Crippen molar-refractivity contribution in [2.75, 3.05) is 52.5 Å². The number of piperidine rings is 1. The van der Waals surface area contributed by atoms with Crippen LogP contribution < -0.4 is 4.74 Å². The zero-order valence-electron chi connectivity index (χ0n) is 17.6. The van der Waals surface area contributed by atoms with Crippen molar-refractivity contribution in [3.05, 3.63) is 29.8 Å². The number of β-amino-alcohol motifs (C(OH)–C–C–N with tert-alkyl or cyclic N) is 1. The van der Waals surface area contributed by atoms with Crippen molar-refractivity contribution in [2.45, 2.75) is 44.4 Å². The second-order valence-corrected chi connectivity index (χ2v) is 8.36. The van der Waals surface area contributed by atoms with Crippen LogP contribution in [0.2, 0.25) is 0 Å². The van der Waals surface area contributed by atoms with Crippen LogP contribution in [0.1, 0.15) is 31.2 Å². The molecule has 3 aliphatic heterocycles. The van der Waals surface area contributed by atoms with E-state index in [1.807, 2.05) is 28.2 Å². The molecule has 0 aliphatic carbocycles. The number of likely N-dealkylation sites (tertiary alicyclic amines) is 1.